The molecule has 0 bridgehead atoms. The van der Waals surface area contributed by atoms with Crippen LogP contribution in [-0.4, -0.2) is 73.8 Å². The summed E-state index contributed by atoms with van der Waals surface area (Å²) in [4.78, 5) is 28.2. The Morgan fingerprint density at radius 1 is 1.03 bits per heavy atom. The zero-order valence-corrected chi connectivity index (χ0v) is 20.7. The SMILES string of the molecule is CCCCOC(=O)N1CCN(C(=O)C(N)Cc2ccc(C(OCC)(OCC)P=O)cc2)CC1. The summed E-state index contributed by atoms with van der Waals surface area (Å²) in [5.41, 5.74) is 6.38. The van der Waals surface area contributed by atoms with E-state index < -0.39 is 11.6 Å². The second-order valence-electron chi connectivity index (χ2n) is 7.83. The van der Waals surface area contributed by atoms with Crippen LogP contribution < -0.4 is 5.73 Å². The molecule has 0 spiro atoms. The molecule has 1 aromatic rings. The van der Waals surface area contributed by atoms with Crippen LogP contribution in [0.1, 0.15) is 44.7 Å². The normalized spacial score (nSPS) is 15.5. The highest BCUT2D eigenvalue weighted by Crippen LogP contribution is 2.38. The van der Waals surface area contributed by atoms with Crippen LogP contribution in [0.3, 0.4) is 0 Å². The Labute approximate surface area is 197 Å². The van der Waals surface area contributed by atoms with E-state index in [4.69, 9.17) is 19.9 Å². The number of hydrogen-bond acceptors (Lipinski definition) is 7. The van der Waals surface area contributed by atoms with Crippen molar-refractivity contribution in [2.45, 2.75) is 51.6 Å². The predicted octanol–water partition coefficient (Wildman–Crippen LogP) is 3.11. The minimum Gasteiger partial charge on any atom is -0.449 e. The predicted molar refractivity (Wildman–Crippen MR) is 125 cm³/mol. The second kappa shape index (κ2) is 13.6. The van der Waals surface area contributed by atoms with Gasteiger partial charge in [0.25, 0.3) is 5.53 Å². The Bertz CT molecular complexity index is 762. The lowest BCUT2D eigenvalue weighted by atomic mass is 10.0. The molecule has 2 N–H and O–H groups in total. The number of nitrogens with two attached hydrogens (primary N) is 1. The van der Waals surface area contributed by atoms with E-state index in [9.17, 15) is 14.2 Å². The molecule has 2 rings (SSSR count). The summed E-state index contributed by atoms with van der Waals surface area (Å²) in [5.74, 6) is -0.144. The van der Waals surface area contributed by atoms with Crippen molar-refractivity contribution in [3.8, 4) is 0 Å². The summed E-state index contributed by atoms with van der Waals surface area (Å²) in [7, 11) is -0.283. The van der Waals surface area contributed by atoms with Crippen molar-refractivity contribution in [3.05, 3.63) is 35.4 Å². The van der Waals surface area contributed by atoms with Gasteiger partial charge >= 0.3 is 6.09 Å². The molecule has 0 aromatic heterocycles. The first-order valence-electron chi connectivity index (χ1n) is 11.6. The lowest BCUT2D eigenvalue weighted by molar-refractivity contribution is -0.176. The van der Waals surface area contributed by atoms with E-state index in [2.05, 4.69) is 0 Å². The number of carbonyl (C=O) groups is 2. The van der Waals surface area contributed by atoms with Crippen LogP contribution in [0.4, 0.5) is 4.79 Å². The van der Waals surface area contributed by atoms with Crippen LogP contribution in [-0.2, 0) is 35.5 Å². The smallest absolute Gasteiger partial charge is 0.409 e. The molecular weight excluding hydrogens is 445 g/mol. The van der Waals surface area contributed by atoms with Crippen molar-refractivity contribution >= 4 is 20.5 Å². The van der Waals surface area contributed by atoms with Crippen molar-refractivity contribution in [2.75, 3.05) is 46.0 Å². The van der Waals surface area contributed by atoms with E-state index >= 15 is 0 Å². The van der Waals surface area contributed by atoms with Crippen molar-refractivity contribution in [1.82, 2.24) is 9.80 Å². The standard InChI is InChI=1S/C23H36N3O6P/c1-4-7-16-30-22(28)26-14-12-25(13-15-26)21(27)20(24)17-18-8-10-19(11-9-18)23(33-29,31-5-2)32-6-3/h8-11,20H,4-7,12-17,24H2,1-3H3. The summed E-state index contributed by atoms with van der Waals surface area (Å²) in [5, 5.41) is 0. The molecule has 10 heteroatoms. The monoisotopic (exact) mass is 481 g/mol. The molecule has 1 aliphatic rings. The fourth-order valence-corrected chi connectivity index (χ4v) is 4.25. The van der Waals surface area contributed by atoms with Crippen LogP contribution in [0, 0.1) is 0 Å². The first-order valence-corrected chi connectivity index (χ1v) is 12.4. The summed E-state index contributed by atoms with van der Waals surface area (Å²) in [6.45, 7) is 8.51. The van der Waals surface area contributed by atoms with E-state index in [1.165, 1.54) is 0 Å². The van der Waals surface area contributed by atoms with E-state index in [0.717, 1.165) is 18.4 Å². The first-order chi connectivity index (χ1) is 15.9. The highest BCUT2D eigenvalue weighted by molar-refractivity contribution is 7.24. The van der Waals surface area contributed by atoms with E-state index in [1.807, 2.05) is 32.9 Å². The van der Waals surface area contributed by atoms with Gasteiger partial charge in [0.2, 0.25) is 14.4 Å². The number of nitrogens with zero attached hydrogens (tertiary/aromatic N) is 2. The maximum atomic E-state index is 12.8. The van der Waals surface area contributed by atoms with Gasteiger partial charge in [-0.1, -0.05) is 37.6 Å². The van der Waals surface area contributed by atoms with Crippen molar-refractivity contribution in [3.63, 3.8) is 0 Å². The number of piperazine rings is 1. The minimum atomic E-state index is -1.34. The third-order valence-electron chi connectivity index (χ3n) is 5.46. The zero-order chi connectivity index (χ0) is 24.3. The van der Waals surface area contributed by atoms with Gasteiger partial charge in [0.05, 0.1) is 12.6 Å². The van der Waals surface area contributed by atoms with Gasteiger partial charge in [-0.25, -0.2) is 4.79 Å². The van der Waals surface area contributed by atoms with Gasteiger partial charge < -0.3 is 29.7 Å². The van der Waals surface area contributed by atoms with Crippen molar-refractivity contribution in [2.24, 2.45) is 5.73 Å². The Balaban J connectivity index is 1.91. The quantitative estimate of drug-likeness (QED) is 0.277. The number of hydrogen-bond donors (Lipinski definition) is 1. The number of rotatable bonds is 12. The average Bonchev–Trinajstić information content (AvgIpc) is 2.84. The fourth-order valence-electron chi connectivity index (χ4n) is 3.64. The molecule has 1 unspecified atom stereocenters. The molecule has 1 aromatic carbocycles. The molecular formula is C23H36N3O6P. The fraction of sp³-hybridized carbons (Fsp3) is 0.652. The Kier molecular flexibility index (Phi) is 11.2. The molecule has 184 valence electrons. The number of ether oxygens (including phenoxy) is 3. The van der Waals surface area contributed by atoms with E-state index in [0.29, 0.717) is 58.0 Å². The largest absolute Gasteiger partial charge is 0.449 e. The molecule has 0 saturated carbocycles. The highest BCUT2D eigenvalue weighted by Gasteiger charge is 2.35. The van der Waals surface area contributed by atoms with Crippen LogP contribution in [0.5, 0.6) is 0 Å². The van der Waals surface area contributed by atoms with Gasteiger partial charge in [0, 0.05) is 45.0 Å². The molecule has 1 saturated heterocycles. The van der Waals surface area contributed by atoms with Crippen LogP contribution in [0.15, 0.2) is 24.3 Å². The maximum Gasteiger partial charge on any atom is 0.409 e. The van der Waals surface area contributed by atoms with Gasteiger partial charge in [0.15, 0.2) is 0 Å². The van der Waals surface area contributed by atoms with Crippen LogP contribution in [0.25, 0.3) is 0 Å². The Morgan fingerprint density at radius 2 is 1.61 bits per heavy atom. The molecule has 1 heterocycles. The maximum absolute atomic E-state index is 12.8. The number of benzene rings is 1. The average molecular weight is 482 g/mol. The minimum absolute atomic E-state index is 0.144. The molecule has 0 radical (unpaired) electrons. The zero-order valence-electron chi connectivity index (χ0n) is 19.8. The van der Waals surface area contributed by atoms with E-state index in [1.54, 1.807) is 21.9 Å². The molecule has 1 aliphatic heterocycles. The molecule has 0 aliphatic carbocycles. The summed E-state index contributed by atoms with van der Waals surface area (Å²) < 4.78 is 28.3. The lowest BCUT2D eigenvalue weighted by Crippen LogP contribution is -2.54. The summed E-state index contributed by atoms with van der Waals surface area (Å²) in [6, 6.07) is 6.55. The van der Waals surface area contributed by atoms with Gasteiger partial charge in [-0.3, -0.25) is 9.36 Å². The molecule has 33 heavy (non-hydrogen) atoms. The topological polar surface area (TPSA) is 111 Å². The van der Waals surface area contributed by atoms with Crippen molar-refractivity contribution < 1.29 is 28.4 Å². The molecule has 2 amide bonds. The van der Waals surface area contributed by atoms with Gasteiger partial charge in [-0.2, -0.15) is 0 Å². The Morgan fingerprint density at radius 3 is 2.12 bits per heavy atom. The van der Waals surface area contributed by atoms with Gasteiger partial charge in [0.1, 0.15) is 0 Å². The Hall–Kier alpha value is -2.06. The number of carbonyl (C=O) groups excluding carboxylic acids is 2. The first kappa shape index (κ1) is 27.2. The van der Waals surface area contributed by atoms with Crippen molar-refractivity contribution in [1.29, 1.82) is 0 Å². The van der Waals surface area contributed by atoms with Gasteiger partial charge in [-0.05, 0) is 32.3 Å². The second-order valence-corrected chi connectivity index (χ2v) is 8.60. The molecule has 1 fully saturated rings. The third-order valence-corrected chi connectivity index (χ3v) is 6.22. The van der Waals surface area contributed by atoms with Crippen LogP contribution in [0.2, 0.25) is 0 Å². The molecule has 9 nitrogen and oxygen atoms in total. The highest BCUT2D eigenvalue weighted by atomic mass is 31.1. The third kappa shape index (κ3) is 7.47. The van der Waals surface area contributed by atoms with Gasteiger partial charge in [-0.15, -0.1) is 0 Å². The van der Waals surface area contributed by atoms with E-state index in [-0.39, 0.29) is 20.5 Å². The number of unbranched alkanes of at least 4 members (excludes halogenated alkanes) is 1. The summed E-state index contributed by atoms with van der Waals surface area (Å²) in [6.07, 6.45) is 1.85. The lowest BCUT2D eigenvalue weighted by Gasteiger charge is -2.35. The summed E-state index contributed by atoms with van der Waals surface area (Å²) >= 11 is 0. The van der Waals surface area contributed by atoms with Crippen LogP contribution >= 0.6 is 8.46 Å². The number of amides is 2. The molecule has 1 atom stereocenters.